The van der Waals surface area contributed by atoms with Crippen LogP contribution in [0, 0.1) is 5.92 Å². The van der Waals surface area contributed by atoms with Gasteiger partial charge < -0.3 is 10.6 Å². The molecular formula is C16H27N5O3S. The van der Waals surface area contributed by atoms with Crippen LogP contribution in [0.4, 0.5) is 0 Å². The number of carbonyl (C=O) groups excluding carboxylic acids is 1. The summed E-state index contributed by atoms with van der Waals surface area (Å²) in [4.78, 5) is 12.1. The second-order valence-corrected chi connectivity index (χ2v) is 8.94. The number of hydrogen-bond donors (Lipinski definition) is 2. The Kier molecular flexibility index (Phi) is 5.75. The Hall–Kier alpha value is -1.45. The maximum atomic E-state index is 12.1. The van der Waals surface area contributed by atoms with Crippen molar-refractivity contribution in [2.24, 2.45) is 5.92 Å². The van der Waals surface area contributed by atoms with Crippen LogP contribution in [0.5, 0.6) is 0 Å². The minimum Gasteiger partial charge on any atom is -0.356 e. The molecule has 8 nitrogen and oxygen atoms in total. The van der Waals surface area contributed by atoms with Crippen molar-refractivity contribution >= 4 is 15.9 Å². The second-order valence-electron chi connectivity index (χ2n) is 6.96. The van der Waals surface area contributed by atoms with Crippen LogP contribution in [-0.4, -0.2) is 60.8 Å². The lowest BCUT2D eigenvalue weighted by Crippen LogP contribution is -2.43. The molecule has 0 aromatic carbocycles. The number of aryl methyl sites for hydroxylation is 1. The Morgan fingerprint density at radius 3 is 3.04 bits per heavy atom. The number of piperidine rings is 1. The number of sulfonamides is 1. The summed E-state index contributed by atoms with van der Waals surface area (Å²) < 4.78 is 26.8. The van der Waals surface area contributed by atoms with Gasteiger partial charge in [0.2, 0.25) is 15.9 Å². The first-order chi connectivity index (χ1) is 11.9. The molecule has 1 aromatic heterocycles. The first-order valence-corrected chi connectivity index (χ1v) is 10.7. The zero-order chi connectivity index (χ0) is 17.9. The number of nitrogens with zero attached hydrogens (tertiary/aromatic N) is 3. The van der Waals surface area contributed by atoms with E-state index in [1.807, 2.05) is 4.68 Å². The van der Waals surface area contributed by atoms with E-state index < -0.39 is 10.0 Å². The molecule has 0 unspecified atom stereocenters. The highest BCUT2D eigenvalue weighted by atomic mass is 32.2. The number of hydrogen-bond acceptors (Lipinski definition) is 5. The predicted molar refractivity (Wildman–Crippen MR) is 94.4 cm³/mol. The van der Waals surface area contributed by atoms with E-state index in [9.17, 15) is 13.2 Å². The van der Waals surface area contributed by atoms with Gasteiger partial charge in [-0.05, 0) is 24.8 Å². The van der Waals surface area contributed by atoms with Crippen molar-refractivity contribution < 1.29 is 13.2 Å². The van der Waals surface area contributed by atoms with E-state index >= 15 is 0 Å². The van der Waals surface area contributed by atoms with Gasteiger partial charge >= 0.3 is 0 Å². The molecule has 0 spiro atoms. The Morgan fingerprint density at radius 1 is 1.44 bits per heavy atom. The van der Waals surface area contributed by atoms with Gasteiger partial charge in [0.1, 0.15) is 0 Å². The molecule has 0 radical (unpaired) electrons. The van der Waals surface area contributed by atoms with Gasteiger partial charge in [0.05, 0.1) is 24.2 Å². The van der Waals surface area contributed by atoms with Crippen LogP contribution in [0.25, 0.3) is 0 Å². The van der Waals surface area contributed by atoms with E-state index in [4.69, 9.17) is 0 Å². The highest BCUT2D eigenvalue weighted by molar-refractivity contribution is 7.88. The lowest BCUT2D eigenvalue weighted by molar-refractivity contribution is -0.121. The van der Waals surface area contributed by atoms with E-state index in [2.05, 4.69) is 21.8 Å². The molecule has 1 fully saturated rings. The fraction of sp³-hybridized carbons (Fsp3) is 0.750. The largest absolute Gasteiger partial charge is 0.356 e. The quantitative estimate of drug-likeness (QED) is 0.718. The number of amides is 1. The predicted octanol–water partition coefficient (Wildman–Crippen LogP) is -0.293. The van der Waals surface area contributed by atoms with Crippen molar-refractivity contribution in [2.45, 2.75) is 38.8 Å². The maximum absolute atomic E-state index is 12.1. The standard InChI is InChI=1S/C16H27N5O3S/c1-25(23,24)20-7-2-3-13(12-20)10-18-16(22)5-4-14-9-15-11-17-6-8-21(15)19-14/h9,13,17H,2-8,10-12H2,1H3,(H,18,22)/t13-/m0/s1. The van der Waals surface area contributed by atoms with Gasteiger partial charge in [-0.1, -0.05) is 0 Å². The average molecular weight is 369 g/mol. The van der Waals surface area contributed by atoms with Crippen LogP contribution in [0.2, 0.25) is 0 Å². The molecule has 25 heavy (non-hydrogen) atoms. The Morgan fingerprint density at radius 2 is 2.28 bits per heavy atom. The van der Waals surface area contributed by atoms with Crippen molar-refractivity contribution in [2.75, 3.05) is 32.4 Å². The first kappa shape index (κ1) is 18.3. The number of nitrogens with one attached hydrogen (secondary N) is 2. The molecule has 0 bridgehead atoms. The van der Waals surface area contributed by atoms with Crippen LogP contribution in [0.1, 0.15) is 30.7 Å². The fourth-order valence-corrected chi connectivity index (χ4v) is 4.40. The van der Waals surface area contributed by atoms with Crippen LogP contribution in [0.3, 0.4) is 0 Å². The van der Waals surface area contributed by atoms with Crippen molar-refractivity contribution in [3.63, 3.8) is 0 Å². The van der Waals surface area contributed by atoms with Crippen LogP contribution in [0.15, 0.2) is 6.07 Å². The zero-order valence-corrected chi connectivity index (χ0v) is 15.5. The van der Waals surface area contributed by atoms with Gasteiger partial charge in [-0.3, -0.25) is 9.48 Å². The molecule has 140 valence electrons. The SMILES string of the molecule is CS(=O)(=O)N1CCC[C@@H](CNC(=O)CCc2cc3n(n2)CCNC3)C1. The maximum Gasteiger partial charge on any atom is 0.220 e. The number of carbonyl (C=O) groups is 1. The third kappa shape index (κ3) is 5.02. The first-order valence-electron chi connectivity index (χ1n) is 8.90. The summed E-state index contributed by atoms with van der Waals surface area (Å²) in [5.41, 5.74) is 2.12. The van der Waals surface area contributed by atoms with E-state index in [0.717, 1.165) is 38.2 Å². The molecule has 1 atom stereocenters. The number of fused-ring (bicyclic) bond motifs is 1. The minimum atomic E-state index is -3.14. The van der Waals surface area contributed by atoms with E-state index in [-0.39, 0.29) is 11.8 Å². The van der Waals surface area contributed by atoms with E-state index in [0.29, 0.717) is 32.5 Å². The Balaban J connectivity index is 1.41. The third-order valence-corrected chi connectivity index (χ3v) is 6.14. The molecule has 0 saturated carbocycles. The third-order valence-electron chi connectivity index (χ3n) is 4.87. The summed E-state index contributed by atoms with van der Waals surface area (Å²) in [5.74, 6) is 0.194. The zero-order valence-electron chi connectivity index (χ0n) is 14.7. The Labute approximate surface area is 149 Å². The van der Waals surface area contributed by atoms with Crippen LogP contribution in [-0.2, 0) is 34.3 Å². The molecule has 2 aliphatic heterocycles. The molecule has 9 heteroatoms. The monoisotopic (exact) mass is 369 g/mol. The van der Waals surface area contributed by atoms with Gasteiger partial charge in [-0.25, -0.2) is 12.7 Å². The summed E-state index contributed by atoms with van der Waals surface area (Å²) in [7, 11) is -3.14. The van der Waals surface area contributed by atoms with Crippen molar-refractivity contribution in [3.05, 3.63) is 17.5 Å². The van der Waals surface area contributed by atoms with Gasteiger partial charge in [0.15, 0.2) is 0 Å². The highest BCUT2D eigenvalue weighted by Gasteiger charge is 2.26. The molecular weight excluding hydrogens is 342 g/mol. The Bertz CT molecular complexity index is 692. The van der Waals surface area contributed by atoms with Gasteiger partial charge in [-0.15, -0.1) is 0 Å². The number of rotatable bonds is 6. The smallest absolute Gasteiger partial charge is 0.220 e. The second kappa shape index (κ2) is 7.84. The number of aromatic nitrogens is 2. The molecule has 3 heterocycles. The summed E-state index contributed by atoms with van der Waals surface area (Å²) in [6, 6.07) is 2.06. The highest BCUT2D eigenvalue weighted by Crippen LogP contribution is 2.18. The topological polar surface area (TPSA) is 96.3 Å². The van der Waals surface area contributed by atoms with Gasteiger partial charge in [0.25, 0.3) is 0 Å². The summed E-state index contributed by atoms with van der Waals surface area (Å²) >= 11 is 0. The van der Waals surface area contributed by atoms with E-state index in [1.165, 1.54) is 16.3 Å². The average Bonchev–Trinajstić information content (AvgIpc) is 3.00. The molecule has 1 saturated heterocycles. The van der Waals surface area contributed by atoms with Crippen LogP contribution < -0.4 is 10.6 Å². The molecule has 0 aliphatic carbocycles. The lowest BCUT2D eigenvalue weighted by Gasteiger charge is -2.30. The summed E-state index contributed by atoms with van der Waals surface area (Å²) in [6.45, 7) is 4.26. The molecule has 1 aromatic rings. The molecule has 2 aliphatic rings. The van der Waals surface area contributed by atoms with E-state index in [1.54, 1.807) is 0 Å². The molecule has 1 amide bonds. The van der Waals surface area contributed by atoms with Crippen molar-refractivity contribution in [1.82, 2.24) is 24.7 Å². The summed E-state index contributed by atoms with van der Waals surface area (Å²) in [6.07, 6.45) is 4.08. The molecule has 3 rings (SSSR count). The normalized spacial score (nSPS) is 21.7. The van der Waals surface area contributed by atoms with Gasteiger partial charge in [-0.2, -0.15) is 5.10 Å². The molecule has 2 N–H and O–H groups in total. The van der Waals surface area contributed by atoms with Crippen molar-refractivity contribution in [1.29, 1.82) is 0 Å². The van der Waals surface area contributed by atoms with Crippen LogP contribution >= 0.6 is 0 Å². The minimum absolute atomic E-state index is 0.000533. The summed E-state index contributed by atoms with van der Waals surface area (Å²) in [5, 5.41) is 10.8. The fourth-order valence-electron chi connectivity index (χ4n) is 3.46. The van der Waals surface area contributed by atoms with Crippen molar-refractivity contribution in [3.8, 4) is 0 Å². The lowest BCUT2D eigenvalue weighted by atomic mass is 9.99. The van der Waals surface area contributed by atoms with Gasteiger partial charge in [0, 0.05) is 45.6 Å².